The van der Waals surface area contributed by atoms with Gasteiger partial charge in [-0.05, 0) is 49.1 Å². The first-order chi connectivity index (χ1) is 11.3. The SMILES string of the molecule is CCCNc1ncnc2ccc(CC3=CC=C(F)C=CC3)cc12. The van der Waals surface area contributed by atoms with Crippen LogP contribution in [0.4, 0.5) is 10.2 Å². The maximum absolute atomic E-state index is 13.2. The summed E-state index contributed by atoms with van der Waals surface area (Å²) in [5.41, 5.74) is 3.30. The molecule has 0 saturated heterocycles. The summed E-state index contributed by atoms with van der Waals surface area (Å²) in [6.45, 7) is 3.01. The van der Waals surface area contributed by atoms with Gasteiger partial charge in [0, 0.05) is 11.9 Å². The Morgan fingerprint density at radius 1 is 1.22 bits per heavy atom. The molecule has 1 aliphatic rings. The summed E-state index contributed by atoms with van der Waals surface area (Å²) >= 11 is 0. The Morgan fingerprint density at radius 2 is 2.13 bits per heavy atom. The highest BCUT2D eigenvalue weighted by atomic mass is 19.1. The van der Waals surface area contributed by atoms with Gasteiger partial charge >= 0.3 is 0 Å². The molecule has 1 aliphatic carbocycles. The summed E-state index contributed by atoms with van der Waals surface area (Å²) in [5.74, 6) is 0.678. The van der Waals surface area contributed by atoms with Gasteiger partial charge in [0.05, 0.1) is 5.52 Å². The largest absolute Gasteiger partial charge is 0.369 e. The zero-order valence-electron chi connectivity index (χ0n) is 13.2. The quantitative estimate of drug-likeness (QED) is 0.867. The van der Waals surface area contributed by atoms with Crippen molar-refractivity contribution in [2.24, 2.45) is 0 Å². The molecule has 1 aromatic carbocycles. The second kappa shape index (κ2) is 7.18. The number of fused-ring (bicyclic) bond motifs is 1. The predicted octanol–water partition coefficient (Wildman–Crippen LogP) is 4.73. The Hall–Kier alpha value is -2.49. The van der Waals surface area contributed by atoms with E-state index >= 15 is 0 Å². The van der Waals surface area contributed by atoms with Gasteiger partial charge in [0.2, 0.25) is 0 Å². The molecular weight excluding hydrogens is 289 g/mol. The normalized spacial score (nSPS) is 14.3. The van der Waals surface area contributed by atoms with Crippen molar-refractivity contribution in [2.45, 2.75) is 26.2 Å². The summed E-state index contributed by atoms with van der Waals surface area (Å²) in [6, 6.07) is 6.23. The smallest absolute Gasteiger partial charge is 0.137 e. The highest BCUT2D eigenvalue weighted by Gasteiger charge is 2.06. The third-order valence-electron chi connectivity index (χ3n) is 3.81. The molecule has 0 amide bonds. The zero-order valence-corrected chi connectivity index (χ0v) is 13.2. The van der Waals surface area contributed by atoms with Gasteiger partial charge in [-0.3, -0.25) is 0 Å². The third kappa shape index (κ3) is 3.83. The second-order valence-electron chi connectivity index (χ2n) is 5.66. The van der Waals surface area contributed by atoms with E-state index in [-0.39, 0.29) is 5.83 Å². The number of hydrogen-bond donors (Lipinski definition) is 1. The van der Waals surface area contributed by atoms with E-state index in [2.05, 4.69) is 34.3 Å². The lowest BCUT2D eigenvalue weighted by molar-refractivity contribution is 0.667. The van der Waals surface area contributed by atoms with E-state index in [1.165, 1.54) is 23.3 Å². The van der Waals surface area contributed by atoms with Crippen LogP contribution in [0.3, 0.4) is 0 Å². The summed E-state index contributed by atoms with van der Waals surface area (Å²) in [7, 11) is 0. The minimum Gasteiger partial charge on any atom is -0.369 e. The molecule has 0 fully saturated rings. The second-order valence-corrected chi connectivity index (χ2v) is 5.66. The minimum atomic E-state index is -0.196. The maximum Gasteiger partial charge on any atom is 0.137 e. The monoisotopic (exact) mass is 309 g/mol. The summed E-state index contributed by atoms with van der Waals surface area (Å²) in [4.78, 5) is 8.68. The Labute approximate surface area is 135 Å². The molecule has 0 saturated carbocycles. The van der Waals surface area contributed by atoms with Crippen molar-refractivity contribution < 1.29 is 4.39 Å². The molecule has 3 rings (SSSR count). The Kier molecular flexibility index (Phi) is 4.81. The number of allylic oxidation sites excluding steroid dienone is 6. The van der Waals surface area contributed by atoms with Gasteiger partial charge in [-0.25, -0.2) is 14.4 Å². The van der Waals surface area contributed by atoms with Gasteiger partial charge in [-0.15, -0.1) is 0 Å². The van der Waals surface area contributed by atoms with E-state index < -0.39 is 0 Å². The Balaban J connectivity index is 1.88. The molecule has 1 heterocycles. The molecule has 0 radical (unpaired) electrons. The molecule has 0 atom stereocenters. The average molecular weight is 309 g/mol. The molecule has 23 heavy (non-hydrogen) atoms. The molecule has 0 unspecified atom stereocenters. The number of halogens is 1. The third-order valence-corrected chi connectivity index (χ3v) is 3.81. The van der Waals surface area contributed by atoms with Gasteiger partial charge in [-0.2, -0.15) is 0 Å². The van der Waals surface area contributed by atoms with Crippen LogP contribution in [0.1, 0.15) is 25.3 Å². The number of rotatable bonds is 5. The van der Waals surface area contributed by atoms with E-state index in [1.807, 2.05) is 18.2 Å². The number of aromatic nitrogens is 2. The van der Waals surface area contributed by atoms with E-state index in [0.29, 0.717) is 0 Å². The lowest BCUT2D eigenvalue weighted by atomic mass is 10.0. The maximum atomic E-state index is 13.2. The number of benzene rings is 1. The van der Waals surface area contributed by atoms with Crippen LogP contribution in [0.25, 0.3) is 10.9 Å². The fraction of sp³-hybridized carbons (Fsp3) is 0.263. The lowest BCUT2D eigenvalue weighted by Crippen LogP contribution is -2.03. The minimum absolute atomic E-state index is 0.196. The zero-order chi connectivity index (χ0) is 16.1. The van der Waals surface area contributed by atoms with Crippen LogP contribution in [0, 0.1) is 0 Å². The van der Waals surface area contributed by atoms with E-state index in [1.54, 1.807) is 6.33 Å². The molecule has 1 aromatic heterocycles. The van der Waals surface area contributed by atoms with Gasteiger partial charge in [-0.1, -0.05) is 30.7 Å². The van der Waals surface area contributed by atoms with Crippen molar-refractivity contribution in [3.05, 3.63) is 65.8 Å². The van der Waals surface area contributed by atoms with Crippen molar-refractivity contribution in [1.29, 1.82) is 0 Å². The Bertz CT molecular complexity index is 790. The molecular formula is C19H20FN3. The van der Waals surface area contributed by atoms with Crippen molar-refractivity contribution in [3.63, 3.8) is 0 Å². The fourth-order valence-electron chi connectivity index (χ4n) is 2.64. The standard InChI is InChI=1S/C19H20FN3/c1-2-10-21-19-17-12-15(7-9-18(17)22-13-23-19)11-14-4-3-5-16(20)8-6-14/h3,5-9,12-13H,2,4,10-11H2,1H3,(H,21,22,23). The first kappa shape index (κ1) is 15.4. The predicted molar refractivity (Wildman–Crippen MR) is 93.1 cm³/mol. The van der Waals surface area contributed by atoms with E-state index in [9.17, 15) is 4.39 Å². The number of nitrogens with one attached hydrogen (secondary N) is 1. The highest BCUT2D eigenvalue weighted by molar-refractivity contribution is 5.89. The first-order valence-corrected chi connectivity index (χ1v) is 7.95. The van der Waals surface area contributed by atoms with Crippen LogP contribution in [-0.4, -0.2) is 16.5 Å². The van der Waals surface area contributed by atoms with Crippen LogP contribution in [0.5, 0.6) is 0 Å². The average Bonchev–Trinajstić information content (AvgIpc) is 2.77. The molecule has 2 aromatic rings. The summed E-state index contributed by atoms with van der Waals surface area (Å²) in [6.07, 6.45) is 11.0. The topological polar surface area (TPSA) is 37.8 Å². The number of hydrogen-bond acceptors (Lipinski definition) is 3. The summed E-state index contributed by atoms with van der Waals surface area (Å²) in [5, 5.41) is 4.38. The van der Waals surface area contributed by atoms with Gasteiger partial charge in [0.1, 0.15) is 18.0 Å². The van der Waals surface area contributed by atoms with Crippen LogP contribution in [0.2, 0.25) is 0 Å². The molecule has 4 heteroatoms. The van der Waals surface area contributed by atoms with Gasteiger partial charge < -0.3 is 5.32 Å². The lowest BCUT2D eigenvalue weighted by Gasteiger charge is -2.09. The van der Waals surface area contributed by atoms with E-state index in [0.717, 1.165) is 42.5 Å². The van der Waals surface area contributed by atoms with Gasteiger partial charge in [0.25, 0.3) is 0 Å². The van der Waals surface area contributed by atoms with Crippen molar-refractivity contribution >= 4 is 16.7 Å². The molecule has 0 aliphatic heterocycles. The van der Waals surface area contributed by atoms with Gasteiger partial charge in [0.15, 0.2) is 0 Å². The summed E-state index contributed by atoms with van der Waals surface area (Å²) < 4.78 is 13.2. The highest BCUT2D eigenvalue weighted by Crippen LogP contribution is 2.23. The van der Waals surface area contributed by atoms with Crippen LogP contribution in [-0.2, 0) is 6.42 Å². The molecule has 0 spiro atoms. The van der Waals surface area contributed by atoms with Crippen molar-refractivity contribution in [2.75, 3.05) is 11.9 Å². The molecule has 3 nitrogen and oxygen atoms in total. The van der Waals surface area contributed by atoms with Crippen LogP contribution in [0.15, 0.2) is 60.2 Å². The Morgan fingerprint density at radius 3 is 3.00 bits per heavy atom. The first-order valence-electron chi connectivity index (χ1n) is 7.95. The molecule has 118 valence electrons. The fourth-order valence-corrected chi connectivity index (χ4v) is 2.64. The number of anilines is 1. The van der Waals surface area contributed by atoms with Crippen LogP contribution < -0.4 is 5.32 Å². The number of nitrogens with zero attached hydrogens (tertiary/aromatic N) is 2. The molecule has 0 bridgehead atoms. The van der Waals surface area contributed by atoms with E-state index in [4.69, 9.17) is 0 Å². The van der Waals surface area contributed by atoms with Crippen molar-refractivity contribution in [1.82, 2.24) is 9.97 Å². The molecule has 1 N–H and O–H groups in total. The van der Waals surface area contributed by atoms with Crippen molar-refractivity contribution in [3.8, 4) is 0 Å². The van der Waals surface area contributed by atoms with Crippen LogP contribution >= 0.6 is 0 Å².